The summed E-state index contributed by atoms with van der Waals surface area (Å²) in [6.07, 6.45) is -0.736. The standard InChI is InChI=1S/C21H26F3N3O3/c1-6-13(7-2)27-18-17(26-19(27)29-4)20(30-5,10-11-25-18)15-9-8-14(28-3)12-16(15)21(22,23)24/h8-13,19H,6-7H2,1-5H3. The average Bonchev–Trinajstić information content (AvgIpc) is 3.13. The molecule has 6 nitrogen and oxygen atoms in total. The van der Waals surface area contributed by atoms with Crippen LogP contribution in [-0.4, -0.2) is 50.2 Å². The lowest BCUT2D eigenvalue weighted by Gasteiger charge is -2.37. The normalized spacial score (nSPS) is 23.5. The minimum Gasteiger partial charge on any atom is -0.497 e. The summed E-state index contributed by atoms with van der Waals surface area (Å²) >= 11 is 0. The van der Waals surface area contributed by atoms with Crippen molar-refractivity contribution in [2.24, 2.45) is 9.98 Å². The number of hydrogen-bond acceptors (Lipinski definition) is 6. The van der Waals surface area contributed by atoms with E-state index in [1.165, 1.54) is 45.7 Å². The molecule has 0 radical (unpaired) electrons. The van der Waals surface area contributed by atoms with Crippen LogP contribution in [0.15, 0.2) is 40.5 Å². The summed E-state index contributed by atoms with van der Waals surface area (Å²) in [4.78, 5) is 11.0. The van der Waals surface area contributed by atoms with Crippen molar-refractivity contribution in [2.75, 3.05) is 21.3 Å². The first-order valence-corrected chi connectivity index (χ1v) is 9.73. The maximum Gasteiger partial charge on any atom is 0.416 e. The Labute approximate surface area is 174 Å². The summed E-state index contributed by atoms with van der Waals surface area (Å²) in [5.74, 6) is 0.566. The van der Waals surface area contributed by atoms with Gasteiger partial charge < -0.3 is 19.1 Å². The van der Waals surface area contributed by atoms with E-state index in [0.29, 0.717) is 11.5 Å². The van der Waals surface area contributed by atoms with Gasteiger partial charge in [0.2, 0.25) is 6.35 Å². The number of methoxy groups -OCH3 is 3. The molecular formula is C21H26F3N3O3. The van der Waals surface area contributed by atoms with E-state index < -0.39 is 23.7 Å². The highest BCUT2D eigenvalue weighted by Gasteiger charge is 2.51. The first kappa shape index (κ1) is 22.3. The van der Waals surface area contributed by atoms with Crippen LogP contribution in [0.1, 0.15) is 37.8 Å². The molecule has 0 spiro atoms. The average molecular weight is 425 g/mol. The first-order valence-electron chi connectivity index (χ1n) is 9.73. The molecule has 1 aromatic carbocycles. The van der Waals surface area contributed by atoms with Gasteiger partial charge in [-0.15, -0.1) is 0 Å². The SMILES string of the molecule is CCC(CC)N1C2=NC=CC(OC)(c3ccc(OC)cc3C(F)(F)F)C2=NC1OC. The van der Waals surface area contributed by atoms with Gasteiger partial charge in [0.05, 0.1) is 12.7 Å². The zero-order valence-corrected chi connectivity index (χ0v) is 17.7. The van der Waals surface area contributed by atoms with Gasteiger partial charge >= 0.3 is 6.18 Å². The van der Waals surface area contributed by atoms with Gasteiger partial charge in [0.15, 0.2) is 11.4 Å². The third kappa shape index (κ3) is 3.50. The Balaban J connectivity index is 2.21. The number of hydrogen-bond donors (Lipinski definition) is 0. The number of halogens is 3. The van der Waals surface area contributed by atoms with Crippen LogP contribution >= 0.6 is 0 Å². The van der Waals surface area contributed by atoms with Crippen LogP contribution in [-0.2, 0) is 21.3 Å². The van der Waals surface area contributed by atoms with Gasteiger partial charge in [-0.3, -0.25) is 0 Å². The van der Waals surface area contributed by atoms with Crippen LogP contribution in [0.2, 0.25) is 0 Å². The van der Waals surface area contributed by atoms with Gasteiger partial charge in [0, 0.05) is 32.0 Å². The molecule has 2 aliphatic rings. The Morgan fingerprint density at radius 1 is 1.17 bits per heavy atom. The molecule has 9 heteroatoms. The Morgan fingerprint density at radius 2 is 1.87 bits per heavy atom. The molecule has 2 aliphatic heterocycles. The Morgan fingerprint density at radius 3 is 2.40 bits per heavy atom. The number of amidine groups is 1. The second-order valence-corrected chi connectivity index (χ2v) is 7.03. The third-order valence-electron chi connectivity index (χ3n) is 5.59. The predicted molar refractivity (Wildman–Crippen MR) is 108 cm³/mol. The zero-order valence-electron chi connectivity index (χ0n) is 17.7. The molecule has 30 heavy (non-hydrogen) atoms. The summed E-state index contributed by atoms with van der Waals surface area (Å²) in [5, 5.41) is 0. The number of fused-ring (bicyclic) bond motifs is 1. The highest BCUT2D eigenvalue weighted by Crippen LogP contribution is 2.44. The van der Waals surface area contributed by atoms with Gasteiger partial charge in [0.25, 0.3) is 0 Å². The van der Waals surface area contributed by atoms with Crippen LogP contribution < -0.4 is 4.74 Å². The lowest BCUT2D eigenvalue weighted by molar-refractivity contribution is -0.139. The number of benzene rings is 1. The van der Waals surface area contributed by atoms with Crippen LogP contribution in [0.4, 0.5) is 13.2 Å². The van der Waals surface area contributed by atoms with Crippen LogP contribution in [0.3, 0.4) is 0 Å². The molecule has 2 heterocycles. The van der Waals surface area contributed by atoms with Crippen molar-refractivity contribution in [3.05, 3.63) is 41.6 Å². The number of rotatable bonds is 7. The number of ether oxygens (including phenoxy) is 3. The van der Waals surface area contributed by atoms with Crippen molar-refractivity contribution < 1.29 is 27.4 Å². The van der Waals surface area contributed by atoms with E-state index in [0.717, 1.165) is 18.9 Å². The minimum absolute atomic E-state index is 0.0639. The molecule has 0 bridgehead atoms. The maximum atomic E-state index is 14.0. The molecule has 3 rings (SSSR count). The first-order chi connectivity index (χ1) is 14.3. The molecule has 0 amide bonds. The molecular weight excluding hydrogens is 399 g/mol. The molecule has 0 saturated carbocycles. The van der Waals surface area contributed by atoms with E-state index in [2.05, 4.69) is 9.98 Å². The Kier molecular flexibility index (Phi) is 6.24. The molecule has 0 aliphatic carbocycles. The number of alkyl halides is 3. The van der Waals surface area contributed by atoms with Crippen LogP contribution in [0.25, 0.3) is 0 Å². The van der Waals surface area contributed by atoms with Gasteiger partial charge in [0.1, 0.15) is 11.5 Å². The molecule has 0 aromatic heterocycles. The highest BCUT2D eigenvalue weighted by atomic mass is 19.4. The van der Waals surface area contributed by atoms with Crippen molar-refractivity contribution in [1.29, 1.82) is 0 Å². The van der Waals surface area contributed by atoms with E-state index in [-0.39, 0.29) is 17.4 Å². The molecule has 0 fully saturated rings. The largest absolute Gasteiger partial charge is 0.497 e. The van der Waals surface area contributed by atoms with Gasteiger partial charge in [-0.1, -0.05) is 19.9 Å². The summed E-state index contributed by atoms with van der Waals surface area (Å²) in [6.45, 7) is 4.07. The number of nitrogens with zero attached hydrogens (tertiary/aromatic N) is 3. The van der Waals surface area contributed by atoms with Gasteiger partial charge in [-0.05, 0) is 31.1 Å². The monoisotopic (exact) mass is 425 g/mol. The van der Waals surface area contributed by atoms with E-state index in [4.69, 9.17) is 14.2 Å². The fourth-order valence-corrected chi connectivity index (χ4v) is 4.04. The smallest absolute Gasteiger partial charge is 0.416 e. The van der Waals surface area contributed by atoms with E-state index in [1.54, 1.807) is 0 Å². The van der Waals surface area contributed by atoms with Crippen molar-refractivity contribution in [1.82, 2.24) is 4.90 Å². The molecule has 0 N–H and O–H groups in total. The lowest BCUT2D eigenvalue weighted by atomic mass is 9.83. The topological polar surface area (TPSA) is 55.7 Å². The third-order valence-corrected chi connectivity index (χ3v) is 5.59. The maximum absolute atomic E-state index is 14.0. The van der Waals surface area contributed by atoms with Gasteiger partial charge in [-0.2, -0.15) is 13.2 Å². The molecule has 1 aromatic rings. The summed E-state index contributed by atoms with van der Waals surface area (Å²) < 4.78 is 58.3. The summed E-state index contributed by atoms with van der Waals surface area (Å²) in [5.41, 5.74) is -2.21. The fraction of sp³-hybridized carbons (Fsp3) is 0.524. The molecule has 0 saturated heterocycles. The van der Waals surface area contributed by atoms with Crippen molar-refractivity contribution in [2.45, 2.75) is 50.9 Å². The van der Waals surface area contributed by atoms with E-state index in [9.17, 15) is 13.2 Å². The van der Waals surface area contributed by atoms with Crippen molar-refractivity contribution >= 4 is 11.5 Å². The van der Waals surface area contributed by atoms with Crippen LogP contribution in [0, 0.1) is 0 Å². The zero-order chi connectivity index (χ0) is 22.1. The quantitative estimate of drug-likeness (QED) is 0.652. The Bertz CT molecular complexity index is 878. The number of aliphatic imine (C=N–C) groups is 2. The van der Waals surface area contributed by atoms with E-state index >= 15 is 0 Å². The molecule has 2 atom stereocenters. The minimum atomic E-state index is -4.62. The Hall–Kier alpha value is -2.39. The second kappa shape index (κ2) is 8.39. The summed E-state index contributed by atoms with van der Waals surface area (Å²) in [6, 6.07) is 3.88. The fourth-order valence-electron chi connectivity index (χ4n) is 4.04. The highest BCUT2D eigenvalue weighted by molar-refractivity contribution is 6.46. The lowest BCUT2D eigenvalue weighted by Crippen LogP contribution is -2.50. The molecule has 164 valence electrons. The predicted octanol–water partition coefficient (Wildman–Crippen LogP) is 4.36. The van der Waals surface area contributed by atoms with Crippen molar-refractivity contribution in [3.8, 4) is 5.75 Å². The van der Waals surface area contributed by atoms with Gasteiger partial charge in [-0.25, -0.2) is 9.98 Å². The van der Waals surface area contributed by atoms with Crippen LogP contribution in [0.5, 0.6) is 5.75 Å². The summed E-state index contributed by atoms with van der Waals surface area (Å²) in [7, 11) is 4.20. The molecule has 2 unspecified atom stereocenters. The van der Waals surface area contributed by atoms with E-state index in [1.807, 2.05) is 18.7 Å². The second-order valence-electron chi connectivity index (χ2n) is 7.03. The van der Waals surface area contributed by atoms with Crippen molar-refractivity contribution in [3.63, 3.8) is 0 Å².